The lowest BCUT2D eigenvalue weighted by molar-refractivity contribution is 0.219. The van der Waals surface area contributed by atoms with E-state index in [1.807, 2.05) is 6.92 Å². The first-order valence-electron chi connectivity index (χ1n) is 4.94. The first-order chi connectivity index (χ1) is 8.06. The summed E-state index contributed by atoms with van der Waals surface area (Å²) < 4.78 is 7.18. The normalized spacial score (nSPS) is 10.5. The van der Waals surface area contributed by atoms with E-state index in [1.54, 1.807) is 28.9 Å². The SMILES string of the molecule is Cc1cc(N)nn1COc1ccc(Cl)cc1Cl. The Morgan fingerprint density at radius 1 is 1.35 bits per heavy atom. The molecule has 0 saturated carbocycles. The molecule has 0 unspecified atom stereocenters. The summed E-state index contributed by atoms with van der Waals surface area (Å²) in [5.41, 5.74) is 6.49. The molecule has 0 aliphatic carbocycles. The third-order valence-corrected chi connectivity index (χ3v) is 2.77. The van der Waals surface area contributed by atoms with Crippen molar-refractivity contribution in [1.29, 1.82) is 0 Å². The van der Waals surface area contributed by atoms with Gasteiger partial charge in [-0.15, -0.1) is 0 Å². The van der Waals surface area contributed by atoms with Crippen molar-refractivity contribution >= 4 is 29.0 Å². The fourth-order valence-corrected chi connectivity index (χ4v) is 1.85. The van der Waals surface area contributed by atoms with Gasteiger partial charge in [0.05, 0.1) is 5.02 Å². The minimum Gasteiger partial charge on any atom is -0.470 e. The van der Waals surface area contributed by atoms with Crippen LogP contribution >= 0.6 is 23.2 Å². The van der Waals surface area contributed by atoms with Crippen LogP contribution in [0.15, 0.2) is 24.3 Å². The Morgan fingerprint density at radius 3 is 2.71 bits per heavy atom. The van der Waals surface area contributed by atoms with E-state index in [0.29, 0.717) is 21.6 Å². The predicted molar refractivity (Wildman–Crippen MR) is 68.5 cm³/mol. The molecule has 0 aliphatic heterocycles. The second-order valence-electron chi connectivity index (χ2n) is 3.56. The van der Waals surface area contributed by atoms with Crippen LogP contribution in [0.5, 0.6) is 5.75 Å². The van der Waals surface area contributed by atoms with Crippen molar-refractivity contribution in [1.82, 2.24) is 9.78 Å². The molecular weight excluding hydrogens is 261 g/mol. The minimum absolute atomic E-state index is 0.254. The second-order valence-corrected chi connectivity index (χ2v) is 4.40. The maximum absolute atomic E-state index is 5.98. The Bertz CT molecular complexity index is 540. The number of hydrogen-bond donors (Lipinski definition) is 1. The predicted octanol–water partition coefficient (Wildman–Crippen LogP) is 3.12. The number of halogens is 2. The van der Waals surface area contributed by atoms with Crippen molar-refractivity contribution in [3.05, 3.63) is 40.0 Å². The molecule has 1 aromatic carbocycles. The van der Waals surface area contributed by atoms with Crippen LogP contribution < -0.4 is 10.5 Å². The Labute approximate surface area is 109 Å². The molecule has 1 heterocycles. The summed E-state index contributed by atoms with van der Waals surface area (Å²) in [4.78, 5) is 0. The van der Waals surface area contributed by atoms with Crippen LogP contribution in [-0.4, -0.2) is 9.78 Å². The third kappa shape index (κ3) is 2.84. The average Bonchev–Trinajstić information content (AvgIpc) is 2.56. The van der Waals surface area contributed by atoms with Gasteiger partial charge in [0.1, 0.15) is 11.6 Å². The molecule has 2 rings (SSSR count). The number of nitrogen functional groups attached to an aromatic ring is 1. The van der Waals surface area contributed by atoms with Crippen molar-refractivity contribution in [3.63, 3.8) is 0 Å². The van der Waals surface area contributed by atoms with Gasteiger partial charge in [-0.25, -0.2) is 4.68 Å². The molecule has 90 valence electrons. The highest BCUT2D eigenvalue weighted by Gasteiger charge is 2.05. The first-order valence-corrected chi connectivity index (χ1v) is 5.69. The molecule has 4 nitrogen and oxygen atoms in total. The summed E-state index contributed by atoms with van der Waals surface area (Å²) in [6, 6.07) is 6.83. The van der Waals surface area contributed by atoms with Crippen LogP contribution in [0, 0.1) is 6.92 Å². The van der Waals surface area contributed by atoms with Gasteiger partial charge in [0.2, 0.25) is 0 Å². The molecule has 17 heavy (non-hydrogen) atoms. The molecule has 1 aromatic heterocycles. The van der Waals surface area contributed by atoms with Gasteiger partial charge in [-0.3, -0.25) is 0 Å². The zero-order valence-corrected chi connectivity index (χ0v) is 10.7. The molecule has 2 aromatic rings. The summed E-state index contributed by atoms with van der Waals surface area (Å²) in [5, 5.41) is 5.11. The molecule has 2 N–H and O–H groups in total. The fourth-order valence-electron chi connectivity index (χ4n) is 1.39. The van der Waals surface area contributed by atoms with Crippen LogP contribution in [0.2, 0.25) is 10.0 Å². The van der Waals surface area contributed by atoms with E-state index >= 15 is 0 Å². The van der Waals surface area contributed by atoms with E-state index in [2.05, 4.69) is 5.10 Å². The molecule has 0 atom stereocenters. The van der Waals surface area contributed by atoms with Gasteiger partial charge in [0.25, 0.3) is 0 Å². The molecular formula is C11H11Cl2N3O. The van der Waals surface area contributed by atoms with Gasteiger partial charge in [-0.2, -0.15) is 5.10 Å². The highest BCUT2D eigenvalue weighted by molar-refractivity contribution is 6.35. The van der Waals surface area contributed by atoms with Gasteiger partial charge in [0.15, 0.2) is 6.73 Å². The largest absolute Gasteiger partial charge is 0.470 e. The molecule has 0 radical (unpaired) electrons. The molecule has 0 aliphatic rings. The monoisotopic (exact) mass is 271 g/mol. The molecule has 0 fully saturated rings. The first kappa shape index (κ1) is 12.1. The zero-order chi connectivity index (χ0) is 12.4. The van der Waals surface area contributed by atoms with E-state index < -0.39 is 0 Å². The summed E-state index contributed by atoms with van der Waals surface area (Å²) in [6.07, 6.45) is 0. The molecule has 0 amide bonds. The maximum atomic E-state index is 5.98. The number of nitrogens with two attached hydrogens (primary N) is 1. The summed E-state index contributed by atoms with van der Waals surface area (Å²) in [5.74, 6) is 1.03. The lowest BCUT2D eigenvalue weighted by Gasteiger charge is -2.09. The molecule has 0 saturated heterocycles. The number of nitrogens with zero attached hydrogens (tertiary/aromatic N) is 2. The van der Waals surface area contributed by atoms with Gasteiger partial charge in [-0.1, -0.05) is 23.2 Å². The van der Waals surface area contributed by atoms with Crippen LogP contribution in [0.4, 0.5) is 5.82 Å². The van der Waals surface area contributed by atoms with Gasteiger partial charge >= 0.3 is 0 Å². The van der Waals surface area contributed by atoms with Gasteiger partial charge < -0.3 is 10.5 Å². The second kappa shape index (κ2) is 4.85. The average molecular weight is 272 g/mol. The Hall–Kier alpha value is -1.39. The summed E-state index contributed by atoms with van der Waals surface area (Å²) in [6.45, 7) is 2.15. The molecule has 6 heteroatoms. The van der Waals surface area contributed by atoms with Crippen molar-refractivity contribution in [2.75, 3.05) is 5.73 Å². The maximum Gasteiger partial charge on any atom is 0.181 e. The lowest BCUT2D eigenvalue weighted by atomic mass is 10.3. The van der Waals surface area contributed by atoms with E-state index in [1.165, 1.54) is 0 Å². The Balaban J connectivity index is 2.10. The zero-order valence-electron chi connectivity index (χ0n) is 9.15. The quantitative estimate of drug-likeness (QED) is 0.933. The highest BCUT2D eigenvalue weighted by atomic mass is 35.5. The fraction of sp³-hybridized carbons (Fsp3) is 0.182. The lowest BCUT2D eigenvalue weighted by Crippen LogP contribution is -2.08. The number of benzene rings is 1. The van der Waals surface area contributed by atoms with Crippen LogP contribution in [0.1, 0.15) is 5.69 Å². The van der Waals surface area contributed by atoms with Crippen molar-refractivity contribution in [3.8, 4) is 5.75 Å². The number of rotatable bonds is 3. The third-order valence-electron chi connectivity index (χ3n) is 2.24. The Morgan fingerprint density at radius 2 is 2.12 bits per heavy atom. The van der Waals surface area contributed by atoms with Crippen molar-refractivity contribution in [2.45, 2.75) is 13.7 Å². The number of aromatic nitrogens is 2. The summed E-state index contributed by atoms with van der Waals surface area (Å²) >= 11 is 11.8. The van der Waals surface area contributed by atoms with Crippen LogP contribution in [0.25, 0.3) is 0 Å². The smallest absolute Gasteiger partial charge is 0.181 e. The summed E-state index contributed by atoms with van der Waals surface area (Å²) in [7, 11) is 0. The number of hydrogen-bond acceptors (Lipinski definition) is 3. The van der Waals surface area contributed by atoms with E-state index in [9.17, 15) is 0 Å². The van der Waals surface area contributed by atoms with Crippen molar-refractivity contribution in [2.24, 2.45) is 0 Å². The standard InChI is InChI=1S/C11H11Cl2N3O/c1-7-4-11(14)15-16(7)6-17-10-3-2-8(12)5-9(10)13/h2-5H,6H2,1H3,(H2,14,15). The van der Waals surface area contributed by atoms with Crippen molar-refractivity contribution < 1.29 is 4.74 Å². The number of aryl methyl sites for hydroxylation is 1. The van der Waals surface area contributed by atoms with E-state index in [4.69, 9.17) is 33.7 Å². The number of anilines is 1. The topological polar surface area (TPSA) is 53.1 Å². The highest BCUT2D eigenvalue weighted by Crippen LogP contribution is 2.27. The van der Waals surface area contributed by atoms with Gasteiger partial charge in [-0.05, 0) is 25.1 Å². The molecule has 0 spiro atoms. The van der Waals surface area contributed by atoms with E-state index in [0.717, 1.165) is 5.69 Å². The van der Waals surface area contributed by atoms with Crippen LogP contribution in [-0.2, 0) is 6.73 Å². The molecule has 0 bridgehead atoms. The van der Waals surface area contributed by atoms with Gasteiger partial charge in [0, 0.05) is 16.8 Å². The number of ether oxygens (including phenoxy) is 1. The van der Waals surface area contributed by atoms with Crippen LogP contribution in [0.3, 0.4) is 0 Å². The Kier molecular flexibility index (Phi) is 3.45. The van der Waals surface area contributed by atoms with E-state index in [-0.39, 0.29) is 6.73 Å². The minimum atomic E-state index is 0.254.